The molecule has 0 heterocycles. The first kappa shape index (κ1) is 19.6. The number of hydrogen-bond acceptors (Lipinski definition) is 2. The molecule has 1 fully saturated rings. The Morgan fingerprint density at radius 2 is 1.70 bits per heavy atom. The van der Waals surface area contributed by atoms with Gasteiger partial charge in [-0.1, -0.05) is 73.9 Å². The van der Waals surface area contributed by atoms with Crippen LogP contribution in [0.1, 0.15) is 61.6 Å². The summed E-state index contributed by atoms with van der Waals surface area (Å²) in [6.07, 6.45) is 7.73. The molecule has 2 aromatic rings. The number of hydrazone groups is 1. The standard InChI is InChI=1S/C23H29N3S/c1-18(20-12-14-22(15-13-20)21-10-6-3-7-11-21)25-26-23(27)24-17-16-19-8-4-2-5-9-19/h2,4-5,8-9,12-15,21H,3,6-7,10-11,16-17H2,1H3,(H2,24,26,27)/b25-18+. The number of thiocarbonyl (C=S) groups is 1. The molecule has 0 atom stereocenters. The van der Waals surface area contributed by atoms with Crippen LogP contribution in [0.4, 0.5) is 0 Å². The van der Waals surface area contributed by atoms with Crippen LogP contribution in [-0.2, 0) is 6.42 Å². The van der Waals surface area contributed by atoms with Gasteiger partial charge in [0.25, 0.3) is 0 Å². The van der Waals surface area contributed by atoms with Crippen LogP contribution in [0.25, 0.3) is 0 Å². The summed E-state index contributed by atoms with van der Waals surface area (Å²) in [5.74, 6) is 0.740. The smallest absolute Gasteiger partial charge is 0.186 e. The minimum atomic E-state index is 0.559. The lowest BCUT2D eigenvalue weighted by Gasteiger charge is -2.22. The lowest BCUT2D eigenvalue weighted by Crippen LogP contribution is -2.33. The van der Waals surface area contributed by atoms with Crippen molar-refractivity contribution in [3.8, 4) is 0 Å². The first-order chi connectivity index (χ1) is 13.2. The summed E-state index contributed by atoms with van der Waals surface area (Å²) in [5.41, 5.74) is 7.80. The maximum atomic E-state index is 5.31. The Balaban J connectivity index is 1.45. The summed E-state index contributed by atoms with van der Waals surface area (Å²) >= 11 is 5.31. The summed E-state index contributed by atoms with van der Waals surface area (Å²) in [6.45, 7) is 2.80. The molecule has 142 valence electrons. The van der Waals surface area contributed by atoms with Gasteiger partial charge in [-0.05, 0) is 61.0 Å². The molecule has 0 unspecified atom stereocenters. The molecule has 0 amide bonds. The number of nitrogens with one attached hydrogen (secondary N) is 2. The topological polar surface area (TPSA) is 36.4 Å². The van der Waals surface area contributed by atoms with Gasteiger partial charge < -0.3 is 5.32 Å². The van der Waals surface area contributed by atoms with Gasteiger partial charge in [0.05, 0.1) is 5.71 Å². The van der Waals surface area contributed by atoms with E-state index >= 15 is 0 Å². The zero-order valence-corrected chi connectivity index (χ0v) is 16.9. The van der Waals surface area contributed by atoms with Gasteiger partial charge in [-0.3, -0.25) is 5.43 Å². The van der Waals surface area contributed by atoms with Crippen molar-refractivity contribution in [2.75, 3.05) is 6.54 Å². The van der Waals surface area contributed by atoms with Gasteiger partial charge in [-0.25, -0.2) is 0 Å². The Labute approximate surface area is 168 Å². The predicted octanol–water partition coefficient (Wildman–Crippen LogP) is 5.17. The van der Waals surface area contributed by atoms with Crippen LogP contribution >= 0.6 is 12.2 Å². The second-order valence-corrected chi connectivity index (χ2v) is 7.67. The highest BCUT2D eigenvalue weighted by Gasteiger charge is 2.15. The Morgan fingerprint density at radius 1 is 1.00 bits per heavy atom. The van der Waals surface area contributed by atoms with Crippen LogP contribution in [0.3, 0.4) is 0 Å². The van der Waals surface area contributed by atoms with Crippen molar-refractivity contribution in [3.05, 3.63) is 71.3 Å². The third-order valence-electron chi connectivity index (χ3n) is 5.27. The molecule has 3 nitrogen and oxygen atoms in total. The monoisotopic (exact) mass is 379 g/mol. The Hall–Kier alpha value is -2.20. The number of rotatable bonds is 6. The molecule has 1 aliphatic rings. The maximum Gasteiger partial charge on any atom is 0.186 e. The van der Waals surface area contributed by atoms with Crippen LogP contribution in [0.2, 0.25) is 0 Å². The van der Waals surface area contributed by atoms with Gasteiger partial charge in [0.1, 0.15) is 0 Å². The highest BCUT2D eigenvalue weighted by molar-refractivity contribution is 7.80. The number of nitrogens with zero attached hydrogens (tertiary/aromatic N) is 1. The van der Waals surface area contributed by atoms with Crippen LogP contribution in [0.5, 0.6) is 0 Å². The average Bonchev–Trinajstić information content (AvgIpc) is 2.73. The molecule has 3 rings (SSSR count). The van der Waals surface area contributed by atoms with Gasteiger partial charge in [0, 0.05) is 6.54 Å². The van der Waals surface area contributed by atoms with Crippen molar-refractivity contribution in [3.63, 3.8) is 0 Å². The summed E-state index contributed by atoms with van der Waals surface area (Å²) < 4.78 is 0. The first-order valence-corrected chi connectivity index (χ1v) is 10.4. The van der Waals surface area contributed by atoms with Crippen molar-refractivity contribution in [2.45, 2.75) is 51.4 Å². The van der Waals surface area contributed by atoms with Gasteiger partial charge in [0.15, 0.2) is 5.11 Å². The zero-order chi connectivity index (χ0) is 18.9. The van der Waals surface area contributed by atoms with Gasteiger partial charge in [-0.15, -0.1) is 0 Å². The maximum absolute atomic E-state index is 5.31. The van der Waals surface area contributed by atoms with E-state index in [-0.39, 0.29) is 0 Å². The fraction of sp³-hybridized carbons (Fsp3) is 0.391. The fourth-order valence-electron chi connectivity index (χ4n) is 3.64. The van der Waals surface area contributed by atoms with E-state index in [4.69, 9.17) is 12.2 Å². The van der Waals surface area contributed by atoms with Crippen LogP contribution in [0, 0.1) is 0 Å². The van der Waals surface area contributed by atoms with Crippen molar-refractivity contribution < 1.29 is 0 Å². The molecule has 0 bridgehead atoms. The molecular formula is C23H29N3S. The van der Waals surface area contributed by atoms with E-state index in [1.54, 1.807) is 0 Å². The molecule has 2 aromatic carbocycles. The Kier molecular flexibility index (Phi) is 7.40. The Bertz CT molecular complexity index is 747. The van der Waals surface area contributed by atoms with Crippen LogP contribution in [-0.4, -0.2) is 17.4 Å². The lowest BCUT2D eigenvalue weighted by atomic mass is 9.84. The largest absolute Gasteiger partial charge is 0.361 e. The molecule has 1 saturated carbocycles. The average molecular weight is 380 g/mol. The molecule has 0 aromatic heterocycles. The number of hydrogen-bond donors (Lipinski definition) is 2. The van der Waals surface area contributed by atoms with E-state index in [0.717, 1.165) is 30.2 Å². The van der Waals surface area contributed by atoms with Crippen molar-refractivity contribution in [2.24, 2.45) is 5.10 Å². The van der Waals surface area contributed by atoms with E-state index in [0.29, 0.717) is 5.11 Å². The van der Waals surface area contributed by atoms with Crippen molar-refractivity contribution in [1.82, 2.24) is 10.7 Å². The zero-order valence-electron chi connectivity index (χ0n) is 16.1. The third-order valence-corrected chi connectivity index (χ3v) is 5.51. The molecule has 0 spiro atoms. The van der Waals surface area contributed by atoms with Crippen LogP contribution < -0.4 is 10.7 Å². The predicted molar refractivity (Wildman–Crippen MR) is 118 cm³/mol. The van der Waals surface area contributed by atoms with Crippen molar-refractivity contribution in [1.29, 1.82) is 0 Å². The van der Waals surface area contributed by atoms with Gasteiger partial charge >= 0.3 is 0 Å². The minimum absolute atomic E-state index is 0.559. The molecule has 2 N–H and O–H groups in total. The molecular weight excluding hydrogens is 350 g/mol. The fourth-order valence-corrected chi connectivity index (χ4v) is 3.78. The summed E-state index contributed by atoms with van der Waals surface area (Å²) in [7, 11) is 0. The normalized spacial score (nSPS) is 15.4. The Morgan fingerprint density at radius 3 is 2.41 bits per heavy atom. The molecule has 0 radical (unpaired) electrons. The lowest BCUT2D eigenvalue weighted by molar-refractivity contribution is 0.443. The first-order valence-electron chi connectivity index (χ1n) is 9.95. The third kappa shape index (κ3) is 6.17. The SMILES string of the molecule is C/C(=N\NC(=S)NCCc1ccccc1)c1ccc(C2CCCCC2)cc1. The van der Waals surface area contributed by atoms with E-state index in [2.05, 4.69) is 64.4 Å². The highest BCUT2D eigenvalue weighted by atomic mass is 32.1. The van der Waals surface area contributed by atoms with E-state index in [1.807, 2.05) is 13.0 Å². The van der Waals surface area contributed by atoms with Gasteiger partial charge in [-0.2, -0.15) is 5.10 Å². The van der Waals surface area contributed by atoms with Gasteiger partial charge in [0.2, 0.25) is 0 Å². The number of benzene rings is 2. The summed E-state index contributed by atoms with van der Waals surface area (Å²) in [6, 6.07) is 19.3. The van der Waals surface area contributed by atoms with Crippen LogP contribution in [0.15, 0.2) is 59.7 Å². The highest BCUT2D eigenvalue weighted by Crippen LogP contribution is 2.32. The van der Waals surface area contributed by atoms with Crippen molar-refractivity contribution >= 4 is 23.0 Å². The molecule has 0 saturated heterocycles. The minimum Gasteiger partial charge on any atom is -0.361 e. The molecule has 4 heteroatoms. The summed E-state index contributed by atoms with van der Waals surface area (Å²) in [4.78, 5) is 0. The summed E-state index contributed by atoms with van der Waals surface area (Å²) in [5, 5.41) is 8.19. The van der Waals surface area contributed by atoms with E-state index in [9.17, 15) is 0 Å². The second-order valence-electron chi connectivity index (χ2n) is 7.26. The van der Waals surface area contributed by atoms with E-state index in [1.165, 1.54) is 43.2 Å². The molecule has 1 aliphatic carbocycles. The molecule has 27 heavy (non-hydrogen) atoms. The second kappa shape index (κ2) is 10.2. The van der Waals surface area contributed by atoms with E-state index < -0.39 is 0 Å². The quantitative estimate of drug-likeness (QED) is 0.413. The molecule has 0 aliphatic heterocycles.